The number of benzene rings is 1. The van der Waals surface area contributed by atoms with E-state index in [0.717, 1.165) is 56.2 Å². The van der Waals surface area contributed by atoms with Crippen molar-refractivity contribution in [3.05, 3.63) is 41.6 Å². The van der Waals surface area contributed by atoms with E-state index in [1.165, 1.54) is 5.56 Å². The molecular weight excluding hydrogens is 326 g/mol. The molecular formula is C20H25N5O. The monoisotopic (exact) mass is 351 g/mol. The largest absolute Gasteiger partial charge is 0.353 e. The molecule has 1 saturated carbocycles. The lowest BCUT2D eigenvalue weighted by Crippen LogP contribution is -2.49. The summed E-state index contributed by atoms with van der Waals surface area (Å²) in [4.78, 5) is 25.7. The molecule has 1 aliphatic heterocycles. The summed E-state index contributed by atoms with van der Waals surface area (Å²) in [5, 5.41) is 3.29. The van der Waals surface area contributed by atoms with E-state index < -0.39 is 0 Å². The highest BCUT2D eigenvalue weighted by atomic mass is 16.2. The summed E-state index contributed by atoms with van der Waals surface area (Å²) in [6.45, 7) is 7.24. The van der Waals surface area contributed by atoms with Crippen molar-refractivity contribution in [2.75, 3.05) is 36.4 Å². The van der Waals surface area contributed by atoms with Gasteiger partial charge in [0.2, 0.25) is 11.9 Å². The van der Waals surface area contributed by atoms with Crippen LogP contribution in [0.5, 0.6) is 0 Å². The second-order valence-electron chi connectivity index (χ2n) is 7.27. The zero-order valence-electron chi connectivity index (χ0n) is 15.4. The number of amides is 1. The van der Waals surface area contributed by atoms with Gasteiger partial charge in [0.25, 0.3) is 0 Å². The summed E-state index contributed by atoms with van der Waals surface area (Å²) in [5.41, 5.74) is 3.13. The summed E-state index contributed by atoms with van der Waals surface area (Å²) in [6, 6.07) is 10.2. The molecule has 136 valence electrons. The Bertz CT molecular complexity index is 792. The van der Waals surface area contributed by atoms with Gasteiger partial charge in [0.15, 0.2) is 0 Å². The van der Waals surface area contributed by atoms with Crippen LogP contribution in [0.15, 0.2) is 30.3 Å². The van der Waals surface area contributed by atoms with Crippen LogP contribution in [-0.4, -0.2) is 47.0 Å². The predicted molar refractivity (Wildman–Crippen MR) is 103 cm³/mol. The lowest BCUT2D eigenvalue weighted by atomic mass is 10.2. The molecule has 2 heterocycles. The van der Waals surface area contributed by atoms with Crippen molar-refractivity contribution in [1.29, 1.82) is 0 Å². The first-order chi connectivity index (χ1) is 12.6. The van der Waals surface area contributed by atoms with E-state index in [-0.39, 0.29) is 0 Å². The maximum absolute atomic E-state index is 12.2. The van der Waals surface area contributed by atoms with E-state index in [1.54, 1.807) is 0 Å². The lowest BCUT2D eigenvalue weighted by molar-refractivity contribution is -0.132. The van der Waals surface area contributed by atoms with Crippen molar-refractivity contribution < 1.29 is 4.79 Å². The van der Waals surface area contributed by atoms with E-state index in [4.69, 9.17) is 4.98 Å². The van der Waals surface area contributed by atoms with Gasteiger partial charge in [0.05, 0.1) is 0 Å². The van der Waals surface area contributed by atoms with Crippen LogP contribution in [-0.2, 0) is 4.79 Å². The first kappa shape index (κ1) is 16.8. The Hall–Kier alpha value is -2.63. The summed E-state index contributed by atoms with van der Waals surface area (Å²) in [7, 11) is 0. The minimum Gasteiger partial charge on any atom is -0.353 e. The van der Waals surface area contributed by atoms with Crippen LogP contribution in [0.3, 0.4) is 0 Å². The Morgan fingerprint density at radius 3 is 2.38 bits per heavy atom. The van der Waals surface area contributed by atoms with Crippen LogP contribution < -0.4 is 10.2 Å². The van der Waals surface area contributed by atoms with E-state index in [9.17, 15) is 4.79 Å². The molecule has 1 aromatic carbocycles. The van der Waals surface area contributed by atoms with Gasteiger partial charge in [-0.2, -0.15) is 4.98 Å². The number of piperazine rings is 1. The number of hydrogen-bond donors (Lipinski definition) is 1. The number of aryl methyl sites for hydroxylation is 2. The highest BCUT2D eigenvalue weighted by molar-refractivity contribution is 5.81. The average molecular weight is 351 g/mol. The maximum atomic E-state index is 12.2. The normalized spacial score (nSPS) is 17.3. The Kier molecular flexibility index (Phi) is 4.49. The molecule has 0 spiro atoms. The Labute approximate surface area is 154 Å². The molecule has 2 aliphatic rings. The molecule has 1 amide bonds. The number of anilines is 3. The number of aromatic nitrogens is 2. The van der Waals surface area contributed by atoms with Gasteiger partial charge >= 0.3 is 0 Å². The van der Waals surface area contributed by atoms with Gasteiger partial charge in [-0.25, -0.2) is 4.98 Å². The third-order valence-corrected chi connectivity index (χ3v) is 4.99. The number of rotatable bonds is 4. The molecule has 0 atom stereocenters. The van der Waals surface area contributed by atoms with Crippen LogP contribution in [0.1, 0.15) is 24.1 Å². The molecule has 1 saturated heterocycles. The van der Waals surface area contributed by atoms with Gasteiger partial charge < -0.3 is 15.1 Å². The van der Waals surface area contributed by atoms with Crippen molar-refractivity contribution in [3.8, 4) is 0 Å². The first-order valence-electron chi connectivity index (χ1n) is 9.31. The van der Waals surface area contributed by atoms with Crippen LogP contribution in [0.2, 0.25) is 0 Å². The number of carbonyl (C=O) groups excluding carboxylic acids is 1. The zero-order valence-corrected chi connectivity index (χ0v) is 15.4. The van der Waals surface area contributed by atoms with Gasteiger partial charge in [0, 0.05) is 49.5 Å². The average Bonchev–Trinajstić information content (AvgIpc) is 3.48. The van der Waals surface area contributed by atoms with Crippen LogP contribution in [0.25, 0.3) is 0 Å². The molecule has 0 unspecified atom stereocenters. The number of hydrogen-bond acceptors (Lipinski definition) is 5. The van der Waals surface area contributed by atoms with Crippen LogP contribution in [0.4, 0.5) is 17.5 Å². The molecule has 0 radical (unpaired) electrons. The van der Waals surface area contributed by atoms with Crippen molar-refractivity contribution in [1.82, 2.24) is 14.9 Å². The summed E-state index contributed by atoms with van der Waals surface area (Å²) < 4.78 is 0. The SMILES string of the molecule is Cc1ccc(Nc2nc(C)cc(N3CCN(C(=O)C4CC4)CC3)n2)cc1. The van der Waals surface area contributed by atoms with Gasteiger partial charge in [-0.3, -0.25) is 4.79 Å². The Morgan fingerprint density at radius 2 is 1.73 bits per heavy atom. The van der Waals surface area contributed by atoms with E-state index >= 15 is 0 Å². The fourth-order valence-electron chi connectivity index (χ4n) is 3.28. The maximum Gasteiger partial charge on any atom is 0.229 e. The summed E-state index contributed by atoms with van der Waals surface area (Å²) in [5.74, 6) is 2.17. The number of nitrogens with one attached hydrogen (secondary N) is 1. The zero-order chi connectivity index (χ0) is 18.1. The third kappa shape index (κ3) is 3.79. The van der Waals surface area contributed by atoms with E-state index in [0.29, 0.717) is 17.8 Å². The number of nitrogens with zero attached hydrogens (tertiary/aromatic N) is 4. The molecule has 0 bridgehead atoms. The van der Waals surface area contributed by atoms with E-state index in [1.807, 2.05) is 30.0 Å². The smallest absolute Gasteiger partial charge is 0.229 e. The van der Waals surface area contributed by atoms with E-state index in [2.05, 4.69) is 34.3 Å². The Morgan fingerprint density at radius 1 is 1.04 bits per heavy atom. The van der Waals surface area contributed by atoms with Gasteiger partial charge in [-0.1, -0.05) is 17.7 Å². The van der Waals surface area contributed by atoms with Gasteiger partial charge in [-0.05, 0) is 38.8 Å². The Balaban J connectivity index is 1.44. The predicted octanol–water partition coefficient (Wildman–Crippen LogP) is 2.90. The molecule has 2 fully saturated rings. The fraction of sp³-hybridized carbons (Fsp3) is 0.450. The van der Waals surface area contributed by atoms with Crippen molar-refractivity contribution >= 4 is 23.4 Å². The third-order valence-electron chi connectivity index (χ3n) is 4.99. The highest BCUT2D eigenvalue weighted by Crippen LogP contribution is 2.31. The summed E-state index contributed by atoms with van der Waals surface area (Å²) in [6.07, 6.45) is 2.14. The second kappa shape index (κ2) is 6.94. The molecule has 26 heavy (non-hydrogen) atoms. The molecule has 1 aromatic heterocycles. The molecule has 6 nitrogen and oxygen atoms in total. The van der Waals surface area contributed by atoms with Crippen molar-refractivity contribution in [3.63, 3.8) is 0 Å². The molecule has 1 N–H and O–H groups in total. The molecule has 6 heteroatoms. The molecule has 4 rings (SSSR count). The second-order valence-corrected chi connectivity index (χ2v) is 7.27. The van der Waals surface area contributed by atoms with Gasteiger partial charge in [-0.15, -0.1) is 0 Å². The number of carbonyl (C=O) groups is 1. The molecule has 1 aliphatic carbocycles. The molecule has 2 aromatic rings. The van der Waals surface area contributed by atoms with Crippen molar-refractivity contribution in [2.24, 2.45) is 5.92 Å². The van der Waals surface area contributed by atoms with Crippen LogP contribution in [0, 0.1) is 19.8 Å². The standard InChI is InChI=1S/C20H25N5O/c1-14-3-7-17(8-4-14)22-20-21-15(2)13-18(23-20)24-9-11-25(12-10-24)19(26)16-5-6-16/h3-4,7-8,13,16H,5-6,9-12H2,1-2H3,(H,21,22,23). The van der Waals surface area contributed by atoms with Gasteiger partial charge in [0.1, 0.15) is 5.82 Å². The summed E-state index contributed by atoms with van der Waals surface area (Å²) >= 11 is 0. The minimum absolute atomic E-state index is 0.299. The first-order valence-corrected chi connectivity index (χ1v) is 9.31. The lowest BCUT2D eigenvalue weighted by Gasteiger charge is -2.35. The quantitative estimate of drug-likeness (QED) is 0.918. The topological polar surface area (TPSA) is 61.4 Å². The van der Waals surface area contributed by atoms with Crippen LogP contribution >= 0.6 is 0 Å². The minimum atomic E-state index is 0.299. The fourth-order valence-corrected chi connectivity index (χ4v) is 3.28. The van der Waals surface area contributed by atoms with Crippen molar-refractivity contribution in [2.45, 2.75) is 26.7 Å². The highest BCUT2D eigenvalue weighted by Gasteiger charge is 2.34.